The molecule has 0 aliphatic rings. The van der Waals surface area contributed by atoms with Crippen molar-refractivity contribution in [2.75, 3.05) is 13.7 Å². The van der Waals surface area contributed by atoms with Crippen molar-refractivity contribution in [2.45, 2.75) is 70.4 Å². The Hall–Kier alpha value is 0.451. The molecule has 0 fully saturated rings. The van der Waals surface area contributed by atoms with Crippen LogP contribution in [0, 0.1) is 0 Å². The molecule has 5 nitrogen and oxygen atoms in total. The van der Waals surface area contributed by atoms with Gasteiger partial charge in [-0.05, 0) is 58.2 Å². The quantitative estimate of drug-likeness (QED) is 0.556. The van der Waals surface area contributed by atoms with Gasteiger partial charge in [0.1, 0.15) is 6.10 Å². The molecule has 0 amide bonds. The fourth-order valence-corrected chi connectivity index (χ4v) is 10.4. The second kappa shape index (κ2) is 9.56. The van der Waals surface area contributed by atoms with Crippen LogP contribution in [0.2, 0.25) is 45.3 Å². The average molecular weight is 355 g/mol. The van der Waals surface area contributed by atoms with Crippen molar-refractivity contribution in [3.63, 3.8) is 0 Å². The third-order valence-electron chi connectivity index (χ3n) is 2.82. The topological polar surface area (TPSA) is 68.2 Å². The zero-order valence-electron chi connectivity index (χ0n) is 14.7. The van der Waals surface area contributed by atoms with Crippen LogP contribution in [0.4, 0.5) is 0 Å². The lowest BCUT2D eigenvalue weighted by Crippen LogP contribution is -2.43. The van der Waals surface area contributed by atoms with Gasteiger partial charge in [-0.3, -0.25) is 0 Å². The minimum absolute atomic E-state index is 0.268. The smallest absolute Gasteiger partial charge is 0.300 e. The maximum Gasteiger partial charge on any atom is 0.300 e. The van der Waals surface area contributed by atoms with Crippen molar-refractivity contribution in [3.05, 3.63) is 0 Å². The van der Waals surface area contributed by atoms with E-state index in [1.807, 2.05) is 0 Å². The summed E-state index contributed by atoms with van der Waals surface area (Å²) in [6, 6.07) is 0.923. The van der Waals surface area contributed by atoms with Gasteiger partial charge in [-0.2, -0.15) is 0 Å². The van der Waals surface area contributed by atoms with Gasteiger partial charge in [0.25, 0.3) is 0 Å². The van der Waals surface area contributed by atoms with Crippen molar-refractivity contribution in [2.24, 2.45) is 0 Å². The van der Waals surface area contributed by atoms with Crippen molar-refractivity contribution >= 4 is 25.9 Å². The SMILES string of the molecule is COC(CCC[SiH](O[Si](C)(C)C)O[Si](C)(C)C)C(O)CO. The molecule has 0 aliphatic heterocycles. The fourth-order valence-electron chi connectivity index (χ4n) is 2.00. The summed E-state index contributed by atoms with van der Waals surface area (Å²) >= 11 is 0. The molecule has 0 rings (SSSR count). The van der Waals surface area contributed by atoms with Gasteiger partial charge in [0.15, 0.2) is 16.6 Å². The van der Waals surface area contributed by atoms with Crippen LogP contribution in [0.25, 0.3) is 0 Å². The molecule has 2 atom stereocenters. The van der Waals surface area contributed by atoms with Crippen LogP contribution in [0.15, 0.2) is 0 Å². The normalized spacial score (nSPS) is 16.3. The van der Waals surface area contributed by atoms with Crippen molar-refractivity contribution < 1.29 is 23.2 Å². The van der Waals surface area contributed by atoms with Crippen LogP contribution in [-0.4, -0.2) is 62.1 Å². The van der Waals surface area contributed by atoms with Crippen molar-refractivity contribution in [1.29, 1.82) is 0 Å². The number of hydrogen-bond donors (Lipinski definition) is 2. The highest BCUT2D eigenvalue weighted by Gasteiger charge is 2.29. The third kappa shape index (κ3) is 11.6. The molecule has 0 heterocycles. The van der Waals surface area contributed by atoms with Gasteiger partial charge in [-0.25, -0.2) is 0 Å². The number of aliphatic hydroxyl groups is 2. The second-order valence-corrected chi connectivity index (χ2v) is 19.1. The van der Waals surface area contributed by atoms with E-state index < -0.39 is 32.0 Å². The lowest BCUT2D eigenvalue weighted by atomic mass is 10.1. The first-order chi connectivity index (χ1) is 9.48. The molecular formula is C13H34O5Si3. The van der Waals surface area contributed by atoms with Gasteiger partial charge in [0, 0.05) is 7.11 Å². The molecule has 0 aromatic carbocycles. The van der Waals surface area contributed by atoms with E-state index in [4.69, 9.17) is 18.1 Å². The molecule has 0 spiro atoms. The van der Waals surface area contributed by atoms with E-state index in [0.717, 1.165) is 12.5 Å². The summed E-state index contributed by atoms with van der Waals surface area (Å²) in [4.78, 5) is 0. The van der Waals surface area contributed by atoms with E-state index in [0.29, 0.717) is 6.42 Å². The number of aliphatic hydroxyl groups excluding tert-OH is 2. The number of ether oxygens (including phenoxy) is 1. The predicted molar refractivity (Wildman–Crippen MR) is 93.9 cm³/mol. The Morgan fingerprint density at radius 3 is 1.81 bits per heavy atom. The summed E-state index contributed by atoms with van der Waals surface area (Å²) in [7, 11) is -3.30. The largest absolute Gasteiger partial charge is 0.439 e. The van der Waals surface area contributed by atoms with Crippen LogP contribution >= 0.6 is 0 Å². The highest BCUT2D eigenvalue weighted by atomic mass is 28.4. The number of methoxy groups -OCH3 is 1. The first kappa shape index (κ1) is 21.5. The summed E-state index contributed by atoms with van der Waals surface area (Å²) in [5, 5.41) is 18.6. The lowest BCUT2D eigenvalue weighted by Gasteiger charge is -2.31. The monoisotopic (exact) mass is 354 g/mol. The number of rotatable bonds is 11. The summed E-state index contributed by atoms with van der Waals surface area (Å²) < 4.78 is 17.7. The molecule has 21 heavy (non-hydrogen) atoms. The Balaban J connectivity index is 4.41. The maximum atomic E-state index is 9.64. The summed E-state index contributed by atoms with van der Waals surface area (Å²) in [5.41, 5.74) is 0. The van der Waals surface area contributed by atoms with Crippen LogP contribution in [0.5, 0.6) is 0 Å². The highest BCUT2D eigenvalue weighted by Crippen LogP contribution is 2.18. The molecule has 0 aliphatic carbocycles. The minimum atomic E-state index is -1.67. The molecule has 8 heteroatoms. The van der Waals surface area contributed by atoms with Gasteiger partial charge in [0.2, 0.25) is 0 Å². The summed E-state index contributed by atoms with van der Waals surface area (Å²) in [5.74, 6) is 0. The maximum absolute atomic E-state index is 9.64. The zero-order chi connectivity index (χ0) is 16.7. The first-order valence-electron chi connectivity index (χ1n) is 7.66. The van der Waals surface area contributed by atoms with Crippen LogP contribution in [-0.2, 0) is 13.0 Å². The Kier molecular flexibility index (Phi) is 9.76. The van der Waals surface area contributed by atoms with Gasteiger partial charge < -0.3 is 23.2 Å². The van der Waals surface area contributed by atoms with E-state index in [1.165, 1.54) is 0 Å². The van der Waals surface area contributed by atoms with E-state index in [2.05, 4.69) is 39.3 Å². The van der Waals surface area contributed by atoms with Gasteiger partial charge in [0.05, 0.1) is 12.7 Å². The summed E-state index contributed by atoms with van der Waals surface area (Å²) in [6.45, 7) is 12.9. The van der Waals surface area contributed by atoms with Crippen LogP contribution < -0.4 is 0 Å². The zero-order valence-corrected chi connectivity index (χ0v) is 17.8. The van der Waals surface area contributed by atoms with Gasteiger partial charge in [-0.15, -0.1) is 0 Å². The van der Waals surface area contributed by atoms with Gasteiger partial charge in [-0.1, -0.05) is 0 Å². The molecule has 128 valence electrons. The van der Waals surface area contributed by atoms with Crippen LogP contribution in [0.1, 0.15) is 12.8 Å². The molecule has 0 radical (unpaired) electrons. The summed E-state index contributed by atoms with van der Waals surface area (Å²) in [6.07, 6.45) is 0.474. The number of hydrogen-bond acceptors (Lipinski definition) is 5. The Bertz CT molecular complexity index is 262. The van der Waals surface area contributed by atoms with E-state index in [9.17, 15) is 5.11 Å². The van der Waals surface area contributed by atoms with E-state index in [-0.39, 0.29) is 12.7 Å². The van der Waals surface area contributed by atoms with E-state index >= 15 is 0 Å². The Labute approximate surface area is 133 Å². The Morgan fingerprint density at radius 2 is 1.48 bits per heavy atom. The van der Waals surface area contributed by atoms with Crippen molar-refractivity contribution in [3.8, 4) is 0 Å². The predicted octanol–water partition coefficient (Wildman–Crippen LogP) is 2.06. The molecule has 0 saturated carbocycles. The molecule has 0 saturated heterocycles. The highest BCUT2D eigenvalue weighted by molar-refractivity contribution is 6.81. The lowest BCUT2D eigenvalue weighted by molar-refractivity contribution is -0.0412. The molecule has 0 bridgehead atoms. The molecule has 2 unspecified atom stereocenters. The molecule has 2 N–H and O–H groups in total. The molecule has 0 aromatic heterocycles. The second-order valence-electron chi connectivity index (χ2n) is 7.34. The molecular weight excluding hydrogens is 320 g/mol. The van der Waals surface area contributed by atoms with Gasteiger partial charge >= 0.3 is 9.28 Å². The minimum Gasteiger partial charge on any atom is -0.439 e. The third-order valence-corrected chi connectivity index (χ3v) is 11.5. The Morgan fingerprint density at radius 1 is 1.00 bits per heavy atom. The standard InChI is InChI=1S/C13H34O5Si3/c1-16-13(12(15)11-14)9-8-10-19(17-20(2,3)4)18-21(5,6)7/h12-15,19H,8-11H2,1-7H3. The average Bonchev–Trinajstić information content (AvgIpc) is 2.29. The molecule has 0 aromatic rings. The van der Waals surface area contributed by atoms with E-state index in [1.54, 1.807) is 7.11 Å². The fraction of sp³-hybridized carbons (Fsp3) is 1.00. The van der Waals surface area contributed by atoms with Crippen molar-refractivity contribution in [1.82, 2.24) is 0 Å². The van der Waals surface area contributed by atoms with Crippen LogP contribution in [0.3, 0.4) is 0 Å². The first-order valence-corrected chi connectivity index (χ1v) is 16.2.